The van der Waals surface area contributed by atoms with Crippen molar-refractivity contribution in [3.05, 3.63) is 0 Å². The molecule has 0 aliphatic heterocycles. The summed E-state index contributed by atoms with van der Waals surface area (Å²) in [6.45, 7) is 0. The van der Waals surface area contributed by atoms with Gasteiger partial charge in [0.15, 0.2) is 0 Å². The average Bonchev–Trinajstić information content (AvgIpc) is 3.52. The maximum absolute atomic E-state index is 6.27. The lowest BCUT2D eigenvalue weighted by Crippen LogP contribution is -1.52. The maximum atomic E-state index is 6.27. The van der Waals surface area contributed by atoms with E-state index in [-0.39, 0.29) is 0 Å². The van der Waals surface area contributed by atoms with Gasteiger partial charge in [0.25, 0.3) is 0 Å². The Bertz CT molecular complexity index is 2880. The Labute approximate surface area is 450 Å². The molecular formula is H2N86. The van der Waals surface area contributed by atoms with Gasteiger partial charge in [-0.25, -0.2) is 0 Å². The van der Waals surface area contributed by atoms with Crippen LogP contribution >= 0.6 is 0 Å². The largest absolute Gasteiger partial charge is 0.183 e. The average molecular weight is 1210 g/mol. The van der Waals surface area contributed by atoms with Gasteiger partial charge in [-0.2, -0.15) is 11.1 Å². The fraction of sp³-hybridized carbons (Fsp3) is 0. The van der Waals surface area contributed by atoms with Crippen LogP contribution in [0.2, 0.25) is 0 Å². The van der Waals surface area contributed by atoms with Crippen molar-refractivity contribution in [3.8, 4) is 0 Å². The molecule has 0 spiro atoms. The van der Waals surface area contributed by atoms with Gasteiger partial charge in [-0.15, -0.1) is 0 Å². The molecule has 0 aliphatic rings. The second-order valence-electron chi connectivity index (χ2n) is 7.53. The minimum absolute atomic E-state index is 2.50. The monoisotopic (exact) mass is 1210 g/mol. The van der Waals surface area contributed by atoms with Crippen LogP contribution in [0.15, 0.2) is 439 Å². The molecule has 0 aromatic carbocycles. The first kappa shape index (κ1) is 68.8. The topological polar surface area (TPSA) is 1090 Å². The second-order valence-corrected chi connectivity index (χ2v) is 7.53. The number of rotatable bonds is 42. The van der Waals surface area contributed by atoms with E-state index in [1.165, 1.54) is 0 Å². The van der Waals surface area contributed by atoms with Gasteiger partial charge in [-0.05, 0) is 83.6 Å². The lowest BCUT2D eigenvalue weighted by atomic mass is 12.3. The third kappa shape index (κ3) is 66.8. The van der Waals surface area contributed by atoms with Crippen LogP contribution in [0.25, 0.3) is 0 Å². The Hall–Kier alpha value is -17.2. The maximum Gasteiger partial charge on any atom is 0 e. The van der Waals surface area contributed by atoms with Crippen molar-refractivity contribution in [1.29, 1.82) is 11.1 Å². The Balaban J connectivity index is 4.11. The van der Waals surface area contributed by atoms with Crippen LogP contribution in [0, 0.1) is 11.1 Å². The Morgan fingerprint density at radius 1 is 0.0581 bits per heavy atom. The summed E-state index contributed by atoms with van der Waals surface area (Å²) in [5.74, 6) is 0. The molecule has 0 bridgehead atoms. The molecule has 432 valence electrons. The highest BCUT2D eigenvalue weighted by atomic mass is 15.8. The van der Waals surface area contributed by atoms with Crippen molar-refractivity contribution in [3.63, 3.8) is 0 Å². The van der Waals surface area contributed by atoms with Gasteiger partial charge in [-0.3, -0.25) is 0 Å². The summed E-state index contributed by atoms with van der Waals surface area (Å²) >= 11 is 0. The van der Waals surface area contributed by atoms with Crippen LogP contribution in [-0.4, -0.2) is 0 Å². The van der Waals surface area contributed by atoms with E-state index in [1.807, 2.05) is 0 Å². The molecule has 0 amide bonds. The molecule has 0 atom stereocenters. The molecule has 2 N–H and O–H groups in total. The summed E-state index contributed by atoms with van der Waals surface area (Å²) in [6, 6.07) is 0. The number of nitrogens with one attached hydrogen (secondary N) is 2. The molecule has 0 aromatic rings. The zero-order valence-electron chi connectivity index (χ0n) is 38.6. The SMILES string of the molecule is N=N/N=N/N=N/N=N/N=N/N=N/N=N/N=N/N=N/N=N/N=N/N=N/N=N/N=N/N=N/N=N/N=N/N=N/N=N/N=N/N=N/N=N/N=N/N=N/N=N/N=N/N=N/N=N/N=N/N=N/N=N/N=N/N=N/N=N/N=N/N=N/N=N/N=N/N=N/N=N/N=N/N=N/N=N. The summed E-state index contributed by atoms with van der Waals surface area (Å²) in [6.07, 6.45) is 0. The molecule has 0 rings (SSSR count). The van der Waals surface area contributed by atoms with Gasteiger partial charge in [0.05, 0.1) is 0 Å². The fourth-order valence-corrected chi connectivity index (χ4v) is 1.47. The summed E-state index contributed by atoms with van der Waals surface area (Å²) < 4.78 is 0. The van der Waals surface area contributed by atoms with Gasteiger partial charge >= 0.3 is 0 Å². The van der Waals surface area contributed by atoms with E-state index in [0.717, 1.165) is 0 Å². The van der Waals surface area contributed by atoms with E-state index < -0.39 is 0 Å². The predicted octanol–water partition coefficient (Wildman–Crippen LogP) is 16.0. The van der Waals surface area contributed by atoms with Crippen LogP contribution in [-0.2, 0) is 0 Å². The molecule has 0 radical (unpaired) electrons. The minimum Gasteiger partial charge on any atom is -0.183 e. The molecule has 0 aromatic heterocycles. The standard InChI is InChI=1S/H2N86/c1-3-5-7-9-11-13-15-17-19-21-23-25-27-29-31-33-35-37-39-41-43-45-47-49-51-53-55-57-59-61-63-65-67-69-71-73-75-77-79-81-83-85-86-84-82-80-78-76-74-72-70-68-66-64-62-60-58-56-54-52-50-48-46-44-42-40-38-36-34-32-30-28-26-24-22-20-18-16-14-12-10-8-6-4-2/h1-2H/b3-1?,4-2?,7-5+,8-6+,11-9+,12-10+,15-13+,16-14+,19-17+,20-18+,23-21+,24-22+,27-25+,28-26+,31-29+,32-30+,35-33+,36-34+,39-37+,40-38+,43-41+,44-42+,47-45+,48-46+,51-49+,52-50+,55-53+,56-54+,59-57+,60-58+,63-61+,64-62+,67-65+,68-66+,71-69+,72-70+,75-73+,76-74+,79-77+,80-78+,83-81+,84-82+,86-85+. The van der Waals surface area contributed by atoms with E-state index >= 15 is 0 Å². The molecule has 0 saturated heterocycles. The van der Waals surface area contributed by atoms with Gasteiger partial charge in [-0.1, -0.05) is 0 Å². The highest BCUT2D eigenvalue weighted by Gasteiger charge is 1.78. The number of hydrogen-bond acceptors (Lipinski definition) is 2. The smallest absolute Gasteiger partial charge is 0 e. The van der Waals surface area contributed by atoms with E-state index in [0.29, 0.717) is 0 Å². The third-order valence-electron chi connectivity index (χ3n) is 3.33. The van der Waals surface area contributed by atoms with Gasteiger partial charge in [0.2, 0.25) is 0 Å². The highest BCUT2D eigenvalue weighted by molar-refractivity contribution is 4.21. The predicted molar refractivity (Wildman–Crippen MR) is 209 cm³/mol. The quantitative estimate of drug-likeness (QED) is 0.0425. The molecule has 86 heavy (non-hydrogen) atoms. The third-order valence-corrected chi connectivity index (χ3v) is 3.33. The van der Waals surface area contributed by atoms with Crippen LogP contribution < -0.4 is 0 Å². The fourth-order valence-electron chi connectivity index (χ4n) is 1.47. The van der Waals surface area contributed by atoms with Crippen molar-refractivity contribution in [1.82, 2.24) is 0 Å². The first-order chi connectivity index (χ1) is 42.9. The Kier molecular flexibility index (Phi) is 54.2. The second kappa shape index (κ2) is 67.8. The number of hydrogen-bond donors (Lipinski definition) is 2. The van der Waals surface area contributed by atoms with E-state index in [9.17, 15) is 0 Å². The van der Waals surface area contributed by atoms with Crippen LogP contribution in [0.5, 0.6) is 0 Å². The van der Waals surface area contributed by atoms with Crippen molar-refractivity contribution in [2.24, 2.45) is 439 Å². The van der Waals surface area contributed by atoms with Crippen molar-refractivity contribution < 1.29 is 0 Å². The molecule has 86 heteroatoms. The summed E-state index contributed by atoms with van der Waals surface area (Å²) in [5.41, 5.74) is 12.5. The van der Waals surface area contributed by atoms with E-state index in [2.05, 4.69) is 439 Å². The molecule has 86 nitrogen and oxygen atoms in total. The highest BCUT2D eigenvalue weighted by Crippen LogP contribution is 1.97. The summed E-state index contributed by atoms with van der Waals surface area (Å²) in [4.78, 5) is 0. The normalized spacial score (nSPS) is 15.5. The molecule has 0 unspecified atom stereocenters. The minimum atomic E-state index is 2.50. The zero-order valence-corrected chi connectivity index (χ0v) is 38.6. The van der Waals surface area contributed by atoms with Gasteiger partial charge in [0.1, 0.15) is 0 Å². The summed E-state index contributed by atoms with van der Waals surface area (Å²) in [7, 11) is 0. The molecule has 0 aliphatic carbocycles. The Morgan fingerprint density at radius 2 is 0.0930 bits per heavy atom. The van der Waals surface area contributed by atoms with Gasteiger partial charge in [0, 0.05) is 355 Å². The Morgan fingerprint density at radius 3 is 0.128 bits per heavy atom. The lowest BCUT2D eigenvalue weighted by Gasteiger charge is -1.71. The molecule has 0 fully saturated rings. The number of nitrogens with zero attached hydrogens (tertiary/aromatic N) is 84. The summed E-state index contributed by atoms with van der Waals surface area (Å²) in [5, 5.41) is 249. The van der Waals surface area contributed by atoms with Gasteiger partial charge < -0.3 is 0 Å². The van der Waals surface area contributed by atoms with Crippen molar-refractivity contribution >= 4 is 0 Å². The van der Waals surface area contributed by atoms with E-state index in [1.54, 1.807) is 0 Å². The first-order valence-corrected chi connectivity index (χ1v) is 17.0. The van der Waals surface area contributed by atoms with Crippen molar-refractivity contribution in [2.45, 2.75) is 0 Å². The van der Waals surface area contributed by atoms with Crippen LogP contribution in [0.1, 0.15) is 0 Å². The van der Waals surface area contributed by atoms with E-state index in [4.69, 9.17) is 11.1 Å². The lowest BCUT2D eigenvalue weighted by molar-refractivity contribution is 0.723. The molecule has 0 saturated carbocycles. The van der Waals surface area contributed by atoms with Crippen molar-refractivity contribution in [2.75, 3.05) is 0 Å². The molecule has 0 heterocycles. The van der Waals surface area contributed by atoms with Crippen LogP contribution in [0.4, 0.5) is 0 Å². The molecular weight excluding hydrogens is 1200 g/mol. The van der Waals surface area contributed by atoms with Crippen LogP contribution in [0.3, 0.4) is 0 Å². The zero-order chi connectivity index (χ0) is 61.4. The first-order valence-electron chi connectivity index (χ1n) is 17.0.